The number of phenols is 4. The first kappa shape index (κ1) is 48.8. The van der Waals surface area contributed by atoms with Gasteiger partial charge >= 0.3 is 17.4 Å². The predicted molar refractivity (Wildman–Crippen MR) is 218 cm³/mol. The molecule has 0 aliphatic heterocycles. The molecule has 0 radical (unpaired) electrons. The molecule has 25 heteroatoms. The molecule has 6 aromatic rings. The molecule has 9 rings (SSSR count). The van der Waals surface area contributed by atoms with Crippen molar-refractivity contribution >= 4 is 82.4 Å². The molecule has 0 fully saturated rings. The maximum absolute atomic E-state index is 12.4. The number of phenolic OH excluding ortho intramolecular Hbond substituents is 4. The Morgan fingerprint density at radius 2 is 0.582 bits per heavy atom. The summed E-state index contributed by atoms with van der Waals surface area (Å²) >= 11 is 0. The van der Waals surface area contributed by atoms with Crippen LogP contribution < -0.4 is 10.2 Å². The Balaban J connectivity index is 0.000000165. The Hall–Kier alpha value is -7.60. The molecule has 3 aliphatic carbocycles. The first-order valence-electron chi connectivity index (χ1n) is 17.9. The minimum absolute atomic E-state index is 0. The Labute approximate surface area is 385 Å². The molecule has 67 heavy (non-hydrogen) atoms. The van der Waals surface area contributed by atoms with E-state index in [0.717, 1.165) is 91.0 Å². The van der Waals surface area contributed by atoms with Crippen LogP contribution in [0.5, 0.6) is 34.5 Å². The van der Waals surface area contributed by atoms with E-state index >= 15 is 0 Å². The van der Waals surface area contributed by atoms with E-state index in [9.17, 15) is 89.2 Å². The van der Waals surface area contributed by atoms with Gasteiger partial charge < -0.3 is 35.2 Å². The normalized spacial score (nSPS) is 13.5. The fraction of sp³-hybridized carbons (Fsp3) is 0. The fourth-order valence-electron chi connectivity index (χ4n) is 7.11. The summed E-state index contributed by atoms with van der Waals surface area (Å²) in [5.41, 5.74) is -3.96. The summed E-state index contributed by atoms with van der Waals surface area (Å²) in [6.45, 7) is 0. The molecule has 0 heterocycles. The van der Waals surface area contributed by atoms with Gasteiger partial charge in [-0.25, -0.2) is 8.42 Å². The number of aromatic hydroxyl groups is 4. The number of carbonyl (C=O) groups excluding carboxylic acids is 6. The zero-order valence-corrected chi connectivity index (χ0v) is 36.4. The van der Waals surface area contributed by atoms with E-state index in [4.69, 9.17) is 9.11 Å². The standard InChI is InChI=1S/3C14H8O7S.Al/c3*15-9-3-4-10(16)12-11(9)13(17)7-2-1-6(22(19,20)21)5-8(7)14(12)18;/h3*1-5,15-16H,(H,19,20,21);/q;;;+3/p-3. The van der Waals surface area contributed by atoms with Gasteiger partial charge in [0.15, 0.2) is 34.7 Å². The molecule has 0 aromatic heterocycles. The van der Waals surface area contributed by atoms with E-state index in [2.05, 4.69) is 0 Å². The molecule has 21 nitrogen and oxygen atoms in total. The van der Waals surface area contributed by atoms with Crippen molar-refractivity contribution in [3.63, 3.8) is 0 Å². The van der Waals surface area contributed by atoms with Crippen molar-refractivity contribution in [2.75, 3.05) is 0 Å². The van der Waals surface area contributed by atoms with Gasteiger partial charge in [-0.3, -0.25) is 37.9 Å². The molecule has 3 aliphatic rings. The topological polar surface area (TPSA) is 395 Å². The predicted octanol–water partition coefficient (Wildman–Crippen LogP) is 1.37. The molecule has 0 unspecified atom stereocenters. The first-order chi connectivity index (χ1) is 30.6. The van der Waals surface area contributed by atoms with Crippen molar-refractivity contribution in [3.05, 3.63) is 158 Å². The first-order valence-corrected chi connectivity index (χ1v) is 22.2. The van der Waals surface area contributed by atoms with E-state index < -0.39 is 136 Å². The molecule has 6 aromatic carbocycles. The summed E-state index contributed by atoms with van der Waals surface area (Å²) in [5, 5.41) is 62.6. The van der Waals surface area contributed by atoms with Crippen molar-refractivity contribution in [3.8, 4) is 34.5 Å². The number of benzene rings is 6. The average molecular weight is 985 g/mol. The van der Waals surface area contributed by atoms with Crippen LogP contribution in [0.4, 0.5) is 0 Å². The third-order valence-corrected chi connectivity index (χ3v) is 12.7. The van der Waals surface area contributed by atoms with Crippen molar-refractivity contribution in [2.45, 2.75) is 14.7 Å². The molecule has 0 amide bonds. The van der Waals surface area contributed by atoms with Gasteiger partial charge in [0.25, 0.3) is 20.2 Å². The van der Waals surface area contributed by atoms with Crippen LogP contribution in [0.15, 0.2) is 106 Å². The summed E-state index contributed by atoms with van der Waals surface area (Å²) in [4.78, 5) is 72.3. The minimum Gasteiger partial charge on any atom is -0.872 e. The van der Waals surface area contributed by atoms with E-state index in [0.29, 0.717) is 0 Å². The van der Waals surface area contributed by atoms with Crippen molar-refractivity contribution < 1.29 is 98.3 Å². The SMILES string of the molecule is O=C1c2ccc(S(=O)(=O)O)cc2C(=O)c2c(O)ccc(O)c21.O=C1c2ccc(S(=O)(=O)O)cc2C(=O)c2c(O)ccc(O)c21.O=C1c2ccc(S(=O)(=O)[O-])cc2C(=O)c2c([O-])ccc([O-])c21.[Al+3]. The molecular formula is C42H21AlO21S3. The van der Waals surface area contributed by atoms with Crippen LogP contribution in [-0.4, -0.2) is 111 Å². The molecule has 0 spiro atoms. The van der Waals surface area contributed by atoms with Crippen molar-refractivity contribution in [1.82, 2.24) is 0 Å². The summed E-state index contributed by atoms with van der Waals surface area (Å²) in [6, 6.07) is 14.5. The van der Waals surface area contributed by atoms with Gasteiger partial charge in [-0.15, -0.1) is 0 Å². The Morgan fingerprint density at radius 1 is 0.343 bits per heavy atom. The summed E-state index contributed by atoms with van der Waals surface area (Å²) in [5.74, 6) is -8.38. The zero-order valence-electron chi connectivity index (χ0n) is 32.8. The summed E-state index contributed by atoms with van der Waals surface area (Å²) in [6.07, 6.45) is 0. The number of fused-ring (bicyclic) bond motifs is 6. The van der Waals surface area contributed by atoms with E-state index in [-0.39, 0.29) is 61.9 Å². The van der Waals surface area contributed by atoms with Gasteiger partial charge in [0.2, 0.25) is 0 Å². The fourth-order valence-corrected chi connectivity index (χ4v) is 8.62. The minimum atomic E-state index is -4.83. The van der Waals surface area contributed by atoms with Crippen LogP contribution in [0.25, 0.3) is 0 Å². The second-order valence-corrected chi connectivity index (χ2v) is 18.2. The molecule has 0 bridgehead atoms. The maximum atomic E-state index is 12.4. The number of rotatable bonds is 3. The average Bonchev–Trinajstić information content (AvgIpc) is 3.25. The largest absolute Gasteiger partial charge is 3.00 e. The molecule has 0 saturated heterocycles. The quantitative estimate of drug-likeness (QED) is 0.0827. The Bertz CT molecular complexity index is 3260. The van der Waals surface area contributed by atoms with Gasteiger partial charge in [0, 0.05) is 44.5 Å². The third-order valence-electron chi connectivity index (χ3n) is 10.1. The summed E-state index contributed by atoms with van der Waals surface area (Å²) in [7, 11) is -13.9. The van der Waals surface area contributed by atoms with E-state index in [1.165, 1.54) is 0 Å². The van der Waals surface area contributed by atoms with Crippen LogP contribution in [-0.2, 0) is 30.4 Å². The van der Waals surface area contributed by atoms with Gasteiger partial charge in [-0.2, -0.15) is 16.8 Å². The zero-order chi connectivity index (χ0) is 48.7. The smallest absolute Gasteiger partial charge is 0.872 e. The number of ketones is 6. The second-order valence-electron chi connectivity index (χ2n) is 14.0. The van der Waals surface area contributed by atoms with Crippen LogP contribution in [0.3, 0.4) is 0 Å². The molecule has 0 saturated carbocycles. The number of carbonyl (C=O) groups is 6. The Morgan fingerprint density at radius 3 is 0.866 bits per heavy atom. The van der Waals surface area contributed by atoms with Crippen LogP contribution in [0, 0.1) is 0 Å². The molecule has 0 atom stereocenters. The van der Waals surface area contributed by atoms with Gasteiger partial charge in [0.05, 0.1) is 36.9 Å². The summed E-state index contributed by atoms with van der Waals surface area (Å²) < 4.78 is 95.7. The maximum Gasteiger partial charge on any atom is 3.00 e. The second kappa shape index (κ2) is 17.0. The monoisotopic (exact) mass is 984 g/mol. The van der Waals surface area contributed by atoms with Crippen LogP contribution in [0.2, 0.25) is 0 Å². The molecule has 6 N–H and O–H groups in total. The van der Waals surface area contributed by atoms with Crippen LogP contribution >= 0.6 is 0 Å². The van der Waals surface area contributed by atoms with Crippen molar-refractivity contribution in [1.29, 1.82) is 0 Å². The van der Waals surface area contributed by atoms with Crippen molar-refractivity contribution in [2.24, 2.45) is 0 Å². The molecule has 336 valence electrons. The molecular weight excluding hydrogens is 964 g/mol. The van der Waals surface area contributed by atoms with Gasteiger partial charge in [-0.05, 0) is 78.9 Å². The van der Waals surface area contributed by atoms with Crippen LogP contribution in [0.1, 0.15) is 95.5 Å². The third kappa shape index (κ3) is 8.44. The van der Waals surface area contributed by atoms with E-state index in [1.54, 1.807) is 0 Å². The van der Waals surface area contributed by atoms with Gasteiger partial charge in [0.1, 0.15) is 33.1 Å². The number of hydrogen-bond donors (Lipinski definition) is 6. The van der Waals surface area contributed by atoms with Gasteiger partial charge in [-0.1, -0.05) is 23.6 Å². The van der Waals surface area contributed by atoms with E-state index in [1.807, 2.05) is 0 Å². The number of hydrogen-bond acceptors (Lipinski definition) is 19. The Kier molecular flexibility index (Phi) is 12.4.